The Morgan fingerprint density at radius 1 is 0.287 bits per heavy atom. The fourth-order valence-corrected chi connectivity index (χ4v) is 17.5. The summed E-state index contributed by atoms with van der Waals surface area (Å²) >= 11 is 0. The molecule has 0 radical (unpaired) electrons. The van der Waals surface area contributed by atoms with E-state index in [4.69, 9.17) is 51.5 Å². The highest BCUT2D eigenvalue weighted by atomic mass is 33.2. The maximum atomic E-state index is 13.4. The first kappa shape index (κ1) is 135. The topological polar surface area (TPSA) is 685 Å². The molecule has 0 bridgehead atoms. The molecular formula is C93H165N23O26S8. The van der Waals surface area contributed by atoms with E-state index in [1.165, 1.54) is 4.90 Å². The molecule has 4 atom stereocenters. The Labute approximate surface area is 912 Å². The van der Waals surface area contributed by atoms with Crippen LogP contribution in [0.25, 0.3) is 0 Å². The number of hydrogen-bond acceptors (Lipinski definition) is 39. The fraction of sp³-hybridized carbons (Fsp3) is 0.785. The van der Waals surface area contributed by atoms with Gasteiger partial charge in [0, 0.05) is 150 Å². The molecule has 5 aliphatic heterocycles. The first-order valence-corrected chi connectivity index (χ1v) is 59.8. The Kier molecular flexibility index (Phi) is 65.7. The number of hydrogen-bond donors (Lipinski definition) is 18. The van der Waals surface area contributed by atoms with Gasteiger partial charge in [0.2, 0.25) is 70.9 Å². The molecule has 5 saturated heterocycles. The van der Waals surface area contributed by atoms with Gasteiger partial charge in [-0.3, -0.25) is 88.4 Å². The number of amides is 19. The molecule has 0 saturated carbocycles. The van der Waals surface area contributed by atoms with Crippen molar-refractivity contribution in [2.45, 2.75) is 342 Å². The Morgan fingerprint density at radius 3 is 0.833 bits per heavy atom. The van der Waals surface area contributed by atoms with Crippen LogP contribution in [0.3, 0.4) is 0 Å². The van der Waals surface area contributed by atoms with Crippen molar-refractivity contribution in [3.05, 3.63) is 0 Å². The van der Waals surface area contributed by atoms with Gasteiger partial charge in [-0.25, -0.2) is 28.8 Å². The molecule has 5 heterocycles. The van der Waals surface area contributed by atoms with Gasteiger partial charge in [0.15, 0.2) is 0 Å². The van der Waals surface area contributed by atoms with Crippen LogP contribution in [0.4, 0.5) is 24.0 Å². The lowest BCUT2D eigenvalue weighted by molar-refractivity contribution is -0.197. The number of carbonyl (C=O) groups excluding carboxylic acids is 20. The number of nitrogens with zero attached hydrogens (tertiary/aromatic N) is 5. The summed E-state index contributed by atoms with van der Waals surface area (Å²) in [7, 11) is 13.1. The molecule has 57 heteroatoms. The number of hydroxylamine groups is 2. The van der Waals surface area contributed by atoms with Gasteiger partial charge < -0.3 is 124 Å². The largest absolute Gasteiger partial charge is 0.444 e. The van der Waals surface area contributed by atoms with Gasteiger partial charge in [0.05, 0.1) is 30.7 Å². The van der Waals surface area contributed by atoms with Crippen LogP contribution in [0, 0.1) is 0 Å². The summed E-state index contributed by atoms with van der Waals surface area (Å²) < 4.78 is 26.9. The summed E-state index contributed by atoms with van der Waals surface area (Å²) in [6.07, 6.45) is 6.67. The first-order valence-electron chi connectivity index (χ1n) is 50.7. The molecule has 0 aromatic heterocycles. The molecule has 0 aromatic rings. The van der Waals surface area contributed by atoms with Gasteiger partial charge in [-0.2, -0.15) is 0 Å². The Morgan fingerprint density at radius 2 is 0.540 bits per heavy atom. The highest BCUT2D eigenvalue weighted by molar-refractivity contribution is 8.93. The van der Waals surface area contributed by atoms with E-state index in [0.717, 1.165) is 17.7 Å². The standard InChI is InChI=1S/C42H75N11O11S4.C26H48N8O6S4.C25H42N4O9/c1-41(2,3)63-37(61)48-21-12-24-52(25-13-22-49-38(62)64-42(4,5)6)33(57)17-11-16-30(54)47-23-18-34(58)53(26-31(55)45-19-9-7-14-28(35(43)59)50-39-65-66-39)27-32(56)46-20-10-8-15-29(36(44)60)51-40-67-68-40;1-26(2,3)40-23(39)31-13-10-20(36)34(15-14-29-11-6-4-8-17(21(27)37)32-24-41-42-24)16-19(35)30-12-7-5-9-18(22(28)38)33-25-43-44-25;1-24(2,3)36-22(34)26-14-8-16-28(17-9-15-27-23(35)37-25(4,5)6)18(30)10-7-11-21(33)38-29-19(31)12-13-20(29)32/h28-29,39-40,50-51H,7-27H2,1-6H3,(H2,43,59)(H2,44,60)(H,45,55)(H,46,56)(H,47,54)(H,48,61)(H,49,62);17-18,24-25,29,32-33H,4-16H2,1-3H3,(H2,27,37)(H2,28,38)(H,30,35)(H,31,39);7-17H2,1-6H3,(H,26,34)(H,27,35)/t28-,29-;17-,18-;/m00./s1. The van der Waals surface area contributed by atoms with E-state index < -0.39 is 143 Å². The quantitative estimate of drug-likeness (QED) is 0.0119. The van der Waals surface area contributed by atoms with E-state index in [-0.39, 0.29) is 170 Å². The summed E-state index contributed by atoms with van der Waals surface area (Å²) in [5.41, 5.74) is 18.8. The minimum atomic E-state index is -0.768. The molecule has 0 spiro atoms. The van der Waals surface area contributed by atoms with E-state index in [1.54, 1.807) is 200 Å². The lowest BCUT2D eigenvalue weighted by atomic mass is 10.1. The van der Waals surface area contributed by atoms with Crippen LogP contribution >= 0.6 is 86.4 Å². The Bertz CT molecular complexity index is 4150. The average molecular weight is 2280 g/mol. The van der Waals surface area contributed by atoms with Gasteiger partial charge in [-0.1, -0.05) is 92.8 Å². The van der Waals surface area contributed by atoms with Crippen molar-refractivity contribution >= 4 is 205 Å². The normalized spacial score (nSPS) is 14.7. The van der Waals surface area contributed by atoms with Crippen molar-refractivity contribution < 1.29 is 124 Å². The van der Waals surface area contributed by atoms with E-state index in [2.05, 4.69) is 74.4 Å². The van der Waals surface area contributed by atoms with Crippen LogP contribution in [0.2, 0.25) is 0 Å². The minimum Gasteiger partial charge on any atom is -0.444 e. The van der Waals surface area contributed by atoms with Gasteiger partial charge in [-0.05, 0) is 220 Å². The van der Waals surface area contributed by atoms with E-state index in [0.29, 0.717) is 160 Å². The summed E-state index contributed by atoms with van der Waals surface area (Å²) in [5, 5.41) is 40.7. The molecule has 0 unspecified atom stereocenters. The first-order chi connectivity index (χ1) is 70.4. The van der Waals surface area contributed by atoms with Gasteiger partial charge >= 0.3 is 36.4 Å². The number of carbonyl (C=O) groups is 20. The van der Waals surface area contributed by atoms with Crippen molar-refractivity contribution in [1.82, 2.24) is 99.1 Å². The minimum absolute atomic E-state index is 0.00509. The maximum absolute atomic E-state index is 13.4. The van der Waals surface area contributed by atoms with Crippen LogP contribution in [-0.4, -0.2) is 339 Å². The molecule has 0 aromatic carbocycles. The molecular weight excluding hydrogens is 2110 g/mol. The Balaban J connectivity index is 0.000000610. The third-order valence-electron chi connectivity index (χ3n) is 20.8. The number of primary amides is 4. The van der Waals surface area contributed by atoms with Gasteiger partial charge in [0.25, 0.3) is 11.8 Å². The van der Waals surface area contributed by atoms with Gasteiger partial charge in [0.1, 0.15) is 59.9 Å². The second-order valence-corrected chi connectivity index (χ2v) is 51.5. The van der Waals surface area contributed by atoms with Crippen LogP contribution in [0.15, 0.2) is 0 Å². The van der Waals surface area contributed by atoms with Crippen molar-refractivity contribution in [3.8, 4) is 0 Å². The zero-order valence-electron chi connectivity index (χ0n) is 89.4. The number of alkyl carbamates (subject to hydrolysis) is 5. The molecule has 19 amide bonds. The second kappa shape index (κ2) is 72.8. The average Bonchev–Trinajstić information content (AvgIpc) is 1.68. The summed E-state index contributed by atoms with van der Waals surface area (Å²) in [4.78, 5) is 256. The Hall–Kier alpha value is -8.80. The predicted molar refractivity (Wildman–Crippen MR) is 581 cm³/mol. The molecule has 5 aliphatic rings. The maximum Gasteiger partial charge on any atom is 0.407 e. The number of ether oxygens (including phenoxy) is 5. The van der Waals surface area contributed by atoms with Crippen molar-refractivity contribution in [3.63, 3.8) is 0 Å². The third kappa shape index (κ3) is 72.7. The highest BCUT2D eigenvalue weighted by Crippen LogP contribution is 2.53. The number of nitrogens with one attached hydrogen (secondary N) is 14. The van der Waals surface area contributed by atoms with E-state index in [1.807, 2.05) is 0 Å². The molecule has 856 valence electrons. The molecule has 5 fully saturated rings. The van der Waals surface area contributed by atoms with E-state index >= 15 is 0 Å². The summed E-state index contributed by atoms with van der Waals surface area (Å²) in [6, 6.07) is -1.69. The van der Waals surface area contributed by atoms with Crippen LogP contribution < -0.4 is 97.4 Å². The smallest absolute Gasteiger partial charge is 0.407 e. The zero-order valence-corrected chi connectivity index (χ0v) is 95.9. The van der Waals surface area contributed by atoms with Crippen LogP contribution in [0.1, 0.15) is 271 Å². The van der Waals surface area contributed by atoms with Crippen LogP contribution in [-0.2, 0) is 100 Å². The monoisotopic (exact) mass is 2280 g/mol. The van der Waals surface area contributed by atoms with Gasteiger partial charge in [-0.15, -0.1) is 5.06 Å². The van der Waals surface area contributed by atoms with Crippen molar-refractivity contribution in [1.29, 1.82) is 0 Å². The number of nitrogens with two attached hydrogens (primary N) is 4. The fourth-order valence-electron chi connectivity index (χ4n) is 13.5. The van der Waals surface area contributed by atoms with Crippen LogP contribution in [0.5, 0.6) is 0 Å². The summed E-state index contributed by atoms with van der Waals surface area (Å²) in [5.74, 6) is -6.42. The predicted octanol–water partition coefficient (Wildman–Crippen LogP) is 5.41. The molecule has 22 N–H and O–H groups in total. The van der Waals surface area contributed by atoms with E-state index in [9.17, 15) is 95.9 Å². The number of imide groups is 1. The SMILES string of the molecule is CC(C)(C)OC(=O)NCCC(=O)N(CCNCCCC[C@H](NC1SS1)C(N)=O)CC(=O)NCCCC[C@H](NC1SS1)C(N)=O.CC(C)(C)OC(=O)NCCCN(CCCNC(=O)OC(C)(C)C)C(=O)CCCC(=O)NCCC(=O)N(CC(=O)NCCCC[C@H](NC1SS1)C(N)=O)CC(=O)NCCCC[C@H](NC1SS1)C(N)=O.CC(C)(C)OC(=O)NCCCN(CCCNC(=O)OC(C)(C)C)C(=O)CCCC(=O)ON1C(=O)CCC1=O. The summed E-state index contributed by atoms with van der Waals surface area (Å²) in [6.45, 7) is 30.3. The molecule has 5 rings (SSSR count). The van der Waals surface area contributed by atoms with Crippen molar-refractivity contribution in [2.75, 3.05) is 124 Å². The molecule has 0 aliphatic carbocycles. The zero-order chi connectivity index (χ0) is 112. The number of unbranched alkanes of at least 4 members (excludes halogenated alkanes) is 4. The van der Waals surface area contributed by atoms with Crippen molar-refractivity contribution in [2.24, 2.45) is 22.9 Å². The second-order valence-electron chi connectivity index (χ2n) is 40.4. The third-order valence-corrected chi connectivity index (χ3v) is 28.1. The lowest BCUT2D eigenvalue weighted by Gasteiger charge is -2.24. The molecule has 49 nitrogen and oxygen atoms in total. The highest BCUT2D eigenvalue weighted by Gasteiger charge is 2.37. The molecule has 150 heavy (non-hydrogen) atoms. The number of rotatable bonds is 72. The lowest BCUT2D eigenvalue weighted by Crippen LogP contribution is -2.46.